The summed E-state index contributed by atoms with van der Waals surface area (Å²) < 4.78 is 189. The van der Waals surface area contributed by atoms with Crippen LogP contribution < -0.4 is 0 Å². The monoisotopic (exact) mass is 806 g/mol. The molecule has 289 valence electrons. The predicted octanol–water partition coefficient (Wildman–Crippen LogP) is 10.3. The summed E-state index contributed by atoms with van der Waals surface area (Å²) in [4.78, 5) is 0. The van der Waals surface area contributed by atoms with Gasteiger partial charge in [0.25, 0.3) is 7.12 Å². The van der Waals surface area contributed by atoms with Crippen LogP contribution in [0.4, 0.5) is 52.7 Å². The number of benzene rings is 6. The molecule has 0 spiro atoms. The lowest BCUT2D eigenvalue weighted by Gasteiger charge is -2.32. The van der Waals surface area contributed by atoms with Crippen molar-refractivity contribution < 1.29 is 52.7 Å². The Morgan fingerprint density at radius 3 is 0.759 bits per heavy atom. The lowest BCUT2D eigenvalue weighted by molar-refractivity contribution is 0.416. The molecule has 0 saturated heterocycles. The molecule has 0 fully saturated rings. The van der Waals surface area contributed by atoms with Gasteiger partial charge in [-0.05, 0) is 0 Å². The van der Waals surface area contributed by atoms with Gasteiger partial charge in [0.1, 0.15) is 0 Å². The molecule has 3 heterocycles. The van der Waals surface area contributed by atoms with Crippen LogP contribution in [0.5, 0.6) is 0 Å². The standard InChI is InChI=1S/C39H15BF12N6/c41-22-19-34(16-10-4-1-5-11-16)53-56(37(19)31(50)28(47)25(22)44)40(57-38-20(23(42)26(45)29(48)32(38)51)35(54-57)17-12-6-2-7-13-17)58-39-21(24(43)27(46)30(49)33(39)52)36(55-58)18-14-8-3-9-15-18/h1-15H/q-1. The van der Waals surface area contributed by atoms with Crippen LogP contribution in [0.2, 0.25) is 0 Å². The minimum atomic E-state index is -2.71. The number of fused-ring (bicyclic) bond motifs is 3. The van der Waals surface area contributed by atoms with Gasteiger partial charge in [-0.3, -0.25) is 0 Å². The summed E-state index contributed by atoms with van der Waals surface area (Å²) in [5.74, 6) is -26.9. The van der Waals surface area contributed by atoms with Crippen molar-refractivity contribution in [1.82, 2.24) is 29.1 Å². The Hall–Kier alpha value is -7.05. The van der Waals surface area contributed by atoms with Gasteiger partial charge >= 0.3 is 0 Å². The molecule has 0 aliphatic heterocycles. The minimum absolute atomic E-state index is 0.101. The highest BCUT2D eigenvalue weighted by Gasteiger charge is 2.35. The summed E-state index contributed by atoms with van der Waals surface area (Å²) in [7, 11) is -2.71. The second-order valence-electron chi connectivity index (χ2n) is 12.8. The van der Waals surface area contributed by atoms with E-state index in [4.69, 9.17) is 0 Å². The van der Waals surface area contributed by atoms with E-state index in [9.17, 15) is 0 Å². The molecule has 6 aromatic carbocycles. The maximum Gasteiger partial charge on any atom is 0.263 e. The van der Waals surface area contributed by atoms with Crippen LogP contribution in [0.25, 0.3) is 66.5 Å². The van der Waals surface area contributed by atoms with Gasteiger partial charge in [0, 0.05) is 16.7 Å². The Balaban J connectivity index is 1.55. The van der Waals surface area contributed by atoms with Crippen molar-refractivity contribution in [3.05, 3.63) is 161 Å². The molecule has 6 nitrogen and oxygen atoms in total. The first-order chi connectivity index (χ1) is 27.8. The molecule has 0 aliphatic rings. The van der Waals surface area contributed by atoms with Gasteiger partial charge in [-0.1, -0.05) is 91.0 Å². The van der Waals surface area contributed by atoms with Gasteiger partial charge < -0.3 is 13.8 Å². The van der Waals surface area contributed by atoms with Crippen LogP contribution in [-0.2, 0) is 0 Å². The molecule has 3 aromatic heterocycles. The predicted molar refractivity (Wildman–Crippen MR) is 187 cm³/mol. The number of aromatic nitrogens is 6. The van der Waals surface area contributed by atoms with E-state index < -0.39 is 127 Å². The molecule has 1 radical (unpaired) electrons. The molecule has 9 rings (SSSR count). The molecule has 0 amide bonds. The summed E-state index contributed by atoms with van der Waals surface area (Å²) in [6.45, 7) is 0. The Kier molecular flexibility index (Phi) is 8.38. The highest BCUT2D eigenvalue weighted by molar-refractivity contribution is 6.56. The van der Waals surface area contributed by atoms with Crippen LogP contribution in [0.3, 0.4) is 0 Å². The zero-order valence-corrected chi connectivity index (χ0v) is 28.5. The zero-order valence-electron chi connectivity index (χ0n) is 28.5. The third-order valence-electron chi connectivity index (χ3n) is 9.55. The summed E-state index contributed by atoms with van der Waals surface area (Å²) in [5.41, 5.74) is -6.29. The highest BCUT2D eigenvalue weighted by atomic mass is 19.2. The molecule has 0 saturated carbocycles. The summed E-state index contributed by atoms with van der Waals surface area (Å²) in [5, 5.41) is 9.28. The molecular weight excluding hydrogens is 791 g/mol. The molecular formula is C39H15BF12N6-. The van der Waals surface area contributed by atoms with Crippen molar-refractivity contribution in [2.24, 2.45) is 0 Å². The van der Waals surface area contributed by atoms with Crippen LogP contribution in [0, 0.1) is 69.8 Å². The van der Waals surface area contributed by atoms with Crippen molar-refractivity contribution in [3.8, 4) is 33.8 Å². The number of hydrogen-bond acceptors (Lipinski definition) is 3. The number of halogens is 12. The zero-order chi connectivity index (χ0) is 40.9. The van der Waals surface area contributed by atoms with Crippen LogP contribution in [-0.4, -0.2) is 36.2 Å². The van der Waals surface area contributed by atoms with Gasteiger partial charge in [0.2, 0.25) is 0 Å². The number of nitrogens with zero attached hydrogens (tertiary/aromatic N) is 6. The number of rotatable bonds is 6. The van der Waals surface area contributed by atoms with E-state index >= 15 is 52.7 Å². The van der Waals surface area contributed by atoms with Crippen LogP contribution in [0.1, 0.15) is 0 Å². The highest BCUT2D eigenvalue weighted by Crippen LogP contribution is 2.40. The van der Waals surface area contributed by atoms with Crippen molar-refractivity contribution >= 4 is 39.8 Å². The first-order valence-electron chi connectivity index (χ1n) is 16.7. The van der Waals surface area contributed by atoms with Crippen molar-refractivity contribution in [3.63, 3.8) is 0 Å². The molecule has 19 heteroatoms. The van der Waals surface area contributed by atoms with Crippen LogP contribution >= 0.6 is 0 Å². The average molecular weight is 806 g/mol. The Morgan fingerprint density at radius 1 is 0.293 bits per heavy atom. The summed E-state index contributed by atoms with van der Waals surface area (Å²) in [6, 6.07) is 20.4. The minimum Gasteiger partial charge on any atom is -0.415 e. The largest absolute Gasteiger partial charge is 0.415 e. The molecule has 0 unspecified atom stereocenters. The Morgan fingerprint density at radius 2 is 0.517 bits per heavy atom. The first-order valence-corrected chi connectivity index (χ1v) is 16.7. The van der Waals surface area contributed by atoms with E-state index in [0.717, 1.165) is 0 Å². The van der Waals surface area contributed by atoms with E-state index in [1.807, 2.05) is 0 Å². The van der Waals surface area contributed by atoms with Crippen LogP contribution in [0.15, 0.2) is 91.0 Å². The average Bonchev–Trinajstić information content (AvgIpc) is 3.96. The molecule has 0 aliphatic carbocycles. The fraction of sp³-hybridized carbons (Fsp3) is 0. The lowest BCUT2D eigenvalue weighted by atomic mass is 9.92. The Labute approximate surface area is 315 Å². The molecule has 0 bridgehead atoms. The quantitative estimate of drug-likeness (QED) is 0.0728. The normalized spacial score (nSPS) is 11.9. The van der Waals surface area contributed by atoms with E-state index in [0.29, 0.717) is 0 Å². The number of hydrogen-bond donors (Lipinski definition) is 0. The lowest BCUT2D eigenvalue weighted by Crippen LogP contribution is -2.44. The summed E-state index contributed by atoms with van der Waals surface area (Å²) in [6.07, 6.45) is 0. The maximum atomic E-state index is 16.3. The first kappa shape index (κ1) is 36.6. The van der Waals surface area contributed by atoms with Gasteiger partial charge in [-0.15, -0.1) is 0 Å². The van der Waals surface area contributed by atoms with Gasteiger partial charge in [0.05, 0.1) is 49.8 Å². The van der Waals surface area contributed by atoms with E-state index in [1.54, 1.807) is 0 Å². The third-order valence-corrected chi connectivity index (χ3v) is 9.55. The molecule has 0 N–H and O–H groups in total. The smallest absolute Gasteiger partial charge is 0.263 e. The van der Waals surface area contributed by atoms with E-state index in [-0.39, 0.29) is 30.5 Å². The van der Waals surface area contributed by atoms with E-state index in [2.05, 4.69) is 15.3 Å². The van der Waals surface area contributed by atoms with E-state index in [1.165, 1.54) is 91.0 Å². The third kappa shape index (κ3) is 5.07. The molecule has 0 atom stereocenters. The van der Waals surface area contributed by atoms with Gasteiger partial charge in [-0.25, -0.2) is 68.0 Å². The topological polar surface area (TPSA) is 53.5 Å². The fourth-order valence-electron chi connectivity index (χ4n) is 6.98. The van der Waals surface area contributed by atoms with Crippen molar-refractivity contribution in [1.29, 1.82) is 0 Å². The Bertz CT molecular complexity index is 2820. The SMILES string of the molecule is Fc1c(F)c(F)c2c(c(-c3ccccc3)nn2[B-](n2nc(-c3ccccc3)c3c(F)c(F)c(F)c(F)c32)n2nc(-c3ccccc3)c3c(F)c(F)c(F)c(F)c32)c1F. The second-order valence-corrected chi connectivity index (χ2v) is 12.8. The van der Waals surface area contributed by atoms with Crippen molar-refractivity contribution in [2.75, 3.05) is 0 Å². The molecule has 9 aromatic rings. The van der Waals surface area contributed by atoms with Gasteiger partial charge in [-0.2, -0.15) is 0 Å². The van der Waals surface area contributed by atoms with Gasteiger partial charge in [0.15, 0.2) is 69.8 Å². The second kappa shape index (κ2) is 13.3. The maximum absolute atomic E-state index is 16.3. The summed E-state index contributed by atoms with van der Waals surface area (Å²) >= 11 is 0. The van der Waals surface area contributed by atoms with Crippen molar-refractivity contribution in [2.45, 2.75) is 0 Å². The fourth-order valence-corrected chi connectivity index (χ4v) is 6.98. The molecule has 58 heavy (non-hydrogen) atoms.